The van der Waals surface area contributed by atoms with E-state index in [9.17, 15) is 0 Å². The third-order valence-corrected chi connectivity index (χ3v) is 4.91. The van der Waals surface area contributed by atoms with Crippen molar-refractivity contribution >= 4 is 27.3 Å². The van der Waals surface area contributed by atoms with Crippen molar-refractivity contribution in [1.82, 2.24) is 4.40 Å². The molecule has 2 nitrogen and oxygen atoms in total. The van der Waals surface area contributed by atoms with Crippen molar-refractivity contribution in [2.24, 2.45) is 0 Å². The number of aromatic nitrogens is 2. The van der Waals surface area contributed by atoms with E-state index in [1.165, 1.54) is 33.0 Å². The van der Waals surface area contributed by atoms with Gasteiger partial charge < -0.3 is 4.57 Å². The van der Waals surface area contributed by atoms with Crippen molar-refractivity contribution < 1.29 is 24.7 Å². The number of hydrogen-bond acceptors (Lipinski definition) is 0. The molecule has 0 saturated heterocycles. The van der Waals surface area contributed by atoms with Gasteiger partial charge >= 0.3 is 0 Å². The third kappa shape index (κ3) is 2.36. The van der Waals surface area contributed by atoms with Gasteiger partial charge in [0.1, 0.15) is 5.52 Å². The zero-order chi connectivity index (χ0) is 17.0. The van der Waals surface area contributed by atoms with Gasteiger partial charge in [-0.3, -0.25) is 0 Å². The largest absolute Gasteiger partial charge is 0.355 e. The first-order chi connectivity index (χ1) is 12.2. The van der Waals surface area contributed by atoms with Gasteiger partial charge in [0.25, 0.3) is 0 Å². The van der Waals surface area contributed by atoms with Crippen LogP contribution < -0.4 is 4.57 Å². The molecule has 0 aliphatic rings. The second-order valence-electron chi connectivity index (χ2n) is 6.49. The molecule has 0 amide bonds. The van der Waals surface area contributed by atoms with Crippen LogP contribution in [0, 0.1) is 20.0 Å². The van der Waals surface area contributed by atoms with Gasteiger partial charge in [-0.15, -0.1) is 24.3 Å². The van der Waals surface area contributed by atoms with Crippen LogP contribution in [-0.2, 0) is 20.1 Å². The van der Waals surface area contributed by atoms with Crippen LogP contribution >= 0.6 is 0 Å². The fraction of sp³-hybridized carbons (Fsp3) is 0.0435. The molecule has 2 aromatic heterocycles. The SMILES string of the molecule is [CH2-][n+]1ccn2c3c(-c4ccc(C)cc4)cccc3c3ccc[c-]c3c21.[Ir]. The topological polar surface area (TPSA) is 8.29 Å². The van der Waals surface area contributed by atoms with Crippen molar-refractivity contribution in [2.75, 3.05) is 0 Å². The van der Waals surface area contributed by atoms with E-state index in [2.05, 4.69) is 79.2 Å². The number of fused-ring (bicyclic) bond motifs is 6. The molecule has 3 heteroatoms. The first-order valence-corrected chi connectivity index (χ1v) is 8.40. The molecule has 5 aromatic rings. The molecule has 0 bridgehead atoms. The summed E-state index contributed by atoms with van der Waals surface area (Å²) in [5.41, 5.74) is 5.98. The summed E-state index contributed by atoms with van der Waals surface area (Å²) < 4.78 is 4.15. The molecule has 0 unspecified atom stereocenters. The third-order valence-electron chi connectivity index (χ3n) is 4.91. The van der Waals surface area contributed by atoms with Crippen LogP contribution in [-0.4, -0.2) is 4.40 Å². The molecule has 0 spiro atoms. The normalized spacial score (nSPS) is 11.1. The van der Waals surface area contributed by atoms with Crippen molar-refractivity contribution in [3.63, 3.8) is 0 Å². The van der Waals surface area contributed by atoms with E-state index in [4.69, 9.17) is 0 Å². The van der Waals surface area contributed by atoms with E-state index in [0.29, 0.717) is 0 Å². The fourth-order valence-electron chi connectivity index (χ4n) is 3.70. The summed E-state index contributed by atoms with van der Waals surface area (Å²) in [4.78, 5) is 0. The van der Waals surface area contributed by atoms with Crippen LogP contribution in [0.2, 0.25) is 0 Å². The second kappa shape index (κ2) is 6.28. The van der Waals surface area contributed by atoms with Crippen molar-refractivity contribution in [2.45, 2.75) is 6.92 Å². The number of pyridine rings is 1. The fourth-order valence-corrected chi connectivity index (χ4v) is 3.70. The number of benzene rings is 3. The summed E-state index contributed by atoms with van der Waals surface area (Å²) in [6.45, 7) is 2.12. The molecule has 0 atom stereocenters. The van der Waals surface area contributed by atoms with Crippen LogP contribution in [0.15, 0.2) is 73.1 Å². The predicted octanol–water partition coefficient (Wildman–Crippen LogP) is 4.95. The zero-order valence-electron chi connectivity index (χ0n) is 14.4. The maximum Gasteiger partial charge on any atom is 0.194 e. The van der Waals surface area contributed by atoms with Crippen molar-refractivity contribution in [3.8, 4) is 11.1 Å². The van der Waals surface area contributed by atoms with Gasteiger partial charge in [-0.1, -0.05) is 58.8 Å². The van der Waals surface area contributed by atoms with Crippen LogP contribution in [0.3, 0.4) is 0 Å². The Hall–Kier alpha value is -2.61. The smallest absolute Gasteiger partial charge is 0.194 e. The summed E-state index contributed by atoms with van der Waals surface area (Å²) in [6, 6.07) is 24.8. The minimum atomic E-state index is 0. The van der Waals surface area contributed by atoms with Crippen molar-refractivity contribution in [3.05, 3.63) is 91.7 Å². The number of rotatable bonds is 1. The van der Waals surface area contributed by atoms with Gasteiger partial charge in [0.05, 0.1) is 6.20 Å². The average Bonchev–Trinajstić information content (AvgIpc) is 3.04. The molecular weight excluding hydrogens is 496 g/mol. The molecule has 0 aliphatic carbocycles. The molecule has 2 heterocycles. The number of imidazole rings is 1. The Labute approximate surface area is 166 Å². The summed E-state index contributed by atoms with van der Waals surface area (Å²) in [7, 11) is 4.16. The maximum absolute atomic E-state index is 4.16. The van der Waals surface area contributed by atoms with Crippen LogP contribution in [0.4, 0.5) is 0 Å². The Balaban J connectivity index is 0.00000168. The molecule has 0 fully saturated rings. The molecule has 0 N–H and O–H groups in total. The molecule has 5 rings (SSSR count). The van der Waals surface area contributed by atoms with Crippen molar-refractivity contribution in [1.29, 1.82) is 0 Å². The minimum Gasteiger partial charge on any atom is -0.355 e. The zero-order valence-corrected chi connectivity index (χ0v) is 16.8. The average molecular weight is 514 g/mol. The van der Waals surface area contributed by atoms with E-state index >= 15 is 0 Å². The van der Waals surface area contributed by atoms with Gasteiger partial charge in [0.15, 0.2) is 5.65 Å². The molecule has 0 aliphatic heterocycles. The van der Waals surface area contributed by atoms with E-state index in [1.54, 1.807) is 0 Å². The van der Waals surface area contributed by atoms with Gasteiger partial charge in [-0.25, -0.2) is 4.40 Å². The van der Waals surface area contributed by atoms with Crippen LogP contribution in [0.25, 0.3) is 38.4 Å². The van der Waals surface area contributed by atoms with Crippen LogP contribution in [0.5, 0.6) is 0 Å². The first-order valence-electron chi connectivity index (χ1n) is 8.40. The Morgan fingerprint density at radius 1 is 0.962 bits per heavy atom. The second-order valence-corrected chi connectivity index (χ2v) is 6.49. The molecule has 0 saturated carbocycles. The van der Waals surface area contributed by atoms with Gasteiger partial charge in [-0.05, 0) is 24.9 Å². The Morgan fingerprint density at radius 3 is 2.54 bits per heavy atom. The minimum absolute atomic E-state index is 0. The quantitative estimate of drug-likeness (QED) is 0.170. The van der Waals surface area contributed by atoms with Gasteiger partial charge in [0, 0.05) is 31.9 Å². The summed E-state index contributed by atoms with van der Waals surface area (Å²) >= 11 is 0. The molecule has 26 heavy (non-hydrogen) atoms. The molecular formula is C23H17IrN2-. The number of nitrogens with zero attached hydrogens (tertiary/aromatic N) is 2. The van der Waals surface area contributed by atoms with Crippen LogP contribution in [0.1, 0.15) is 5.56 Å². The van der Waals surface area contributed by atoms with E-state index < -0.39 is 0 Å². The summed E-state index contributed by atoms with van der Waals surface area (Å²) in [5, 5.41) is 3.53. The Kier molecular flexibility index (Phi) is 4.07. The standard InChI is InChI=1S/C23H17N2.Ir/c1-16-10-12-17(13-11-16)18-8-5-9-20-19-6-3-4-7-21(19)23-24(2)14-15-25(23)22(18)20;/h3-6,8-15H,2H2,1H3;/q-1;. The maximum atomic E-state index is 4.16. The van der Waals surface area contributed by atoms with E-state index in [1.807, 2.05) is 22.9 Å². The molecule has 129 valence electrons. The summed E-state index contributed by atoms with van der Waals surface area (Å²) in [6.07, 6.45) is 4.09. The van der Waals surface area contributed by atoms with E-state index in [0.717, 1.165) is 11.0 Å². The van der Waals surface area contributed by atoms with Gasteiger partial charge in [-0.2, -0.15) is 0 Å². The molecule has 3 aromatic carbocycles. The van der Waals surface area contributed by atoms with Gasteiger partial charge in [0.2, 0.25) is 0 Å². The number of aryl methyl sites for hydroxylation is 1. The molecule has 1 radical (unpaired) electrons. The monoisotopic (exact) mass is 514 g/mol. The Bertz CT molecular complexity index is 1250. The first kappa shape index (κ1) is 16.8. The number of hydrogen-bond donors (Lipinski definition) is 0. The Morgan fingerprint density at radius 2 is 1.73 bits per heavy atom. The van der Waals surface area contributed by atoms with E-state index in [-0.39, 0.29) is 20.1 Å². The predicted molar refractivity (Wildman–Crippen MR) is 102 cm³/mol. The number of para-hydroxylation sites is 1. The summed E-state index contributed by atoms with van der Waals surface area (Å²) in [5.74, 6) is 0.